The van der Waals surface area contributed by atoms with Crippen LogP contribution in [0.15, 0.2) is 76.4 Å². The molecule has 0 saturated heterocycles. The number of H-pyrrole nitrogens is 2. The van der Waals surface area contributed by atoms with Gasteiger partial charge in [-0.2, -0.15) is 0 Å². The van der Waals surface area contributed by atoms with Crippen LogP contribution in [0.2, 0.25) is 0 Å². The molecule has 150 valence electrons. The number of benzene rings is 2. The molecule has 4 rings (SSSR count). The van der Waals surface area contributed by atoms with E-state index in [-0.39, 0.29) is 22.6 Å². The van der Waals surface area contributed by atoms with Gasteiger partial charge in [-0.05, 0) is 42.8 Å². The molecule has 8 heteroatoms. The number of rotatable bonds is 5. The summed E-state index contributed by atoms with van der Waals surface area (Å²) in [6.07, 6.45) is 1.31. The van der Waals surface area contributed by atoms with E-state index in [0.29, 0.717) is 5.69 Å². The van der Waals surface area contributed by atoms with Gasteiger partial charge in [0.05, 0.1) is 10.9 Å². The standard InChI is InChI=1S/C22H19N5O3/c1-13(14-5-3-2-4-6-14)24-16-7-9-17(10-8-16)25-20(28)15-11-18-19(23-12-15)26-22(30)27-21(18)29/h2-13,24H,1H3,(H,25,28)(H2,23,26,27,29,30). The third kappa shape index (κ3) is 4.12. The minimum atomic E-state index is -0.646. The van der Waals surface area contributed by atoms with Gasteiger partial charge in [-0.15, -0.1) is 0 Å². The zero-order valence-electron chi connectivity index (χ0n) is 16.1. The molecule has 0 saturated carbocycles. The van der Waals surface area contributed by atoms with Crippen molar-refractivity contribution in [3.05, 3.63) is 98.8 Å². The van der Waals surface area contributed by atoms with Crippen molar-refractivity contribution in [1.82, 2.24) is 15.0 Å². The van der Waals surface area contributed by atoms with Crippen molar-refractivity contribution in [2.75, 3.05) is 10.6 Å². The number of carbonyl (C=O) groups excluding carboxylic acids is 1. The minimum Gasteiger partial charge on any atom is -0.379 e. The van der Waals surface area contributed by atoms with Crippen LogP contribution in [0.3, 0.4) is 0 Å². The Hall–Kier alpha value is -4.20. The number of aromatic nitrogens is 3. The van der Waals surface area contributed by atoms with E-state index in [4.69, 9.17) is 0 Å². The molecule has 1 atom stereocenters. The second-order valence-electron chi connectivity index (χ2n) is 6.84. The average molecular weight is 401 g/mol. The summed E-state index contributed by atoms with van der Waals surface area (Å²) in [7, 11) is 0. The molecular weight excluding hydrogens is 382 g/mol. The smallest absolute Gasteiger partial charge is 0.327 e. The van der Waals surface area contributed by atoms with Gasteiger partial charge >= 0.3 is 5.69 Å². The third-order valence-electron chi connectivity index (χ3n) is 4.68. The first-order chi connectivity index (χ1) is 14.5. The molecule has 0 fully saturated rings. The second-order valence-corrected chi connectivity index (χ2v) is 6.84. The van der Waals surface area contributed by atoms with Gasteiger partial charge in [0.15, 0.2) is 0 Å². The monoisotopic (exact) mass is 401 g/mol. The quantitative estimate of drug-likeness (QED) is 0.410. The zero-order valence-corrected chi connectivity index (χ0v) is 16.1. The molecule has 1 unspecified atom stereocenters. The van der Waals surface area contributed by atoms with Gasteiger partial charge in [0.1, 0.15) is 5.65 Å². The predicted octanol–water partition coefficient (Wildman–Crippen LogP) is 3.04. The molecule has 4 N–H and O–H groups in total. The van der Waals surface area contributed by atoms with E-state index in [1.807, 2.05) is 30.3 Å². The fourth-order valence-corrected chi connectivity index (χ4v) is 3.10. The van der Waals surface area contributed by atoms with Crippen molar-refractivity contribution in [3.63, 3.8) is 0 Å². The largest absolute Gasteiger partial charge is 0.379 e. The van der Waals surface area contributed by atoms with Crippen molar-refractivity contribution >= 4 is 28.3 Å². The lowest BCUT2D eigenvalue weighted by molar-refractivity contribution is 0.102. The molecule has 30 heavy (non-hydrogen) atoms. The molecule has 2 aromatic carbocycles. The third-order valence-corrected chi connectivity index (χ3v) is 4.68. The highest BCUT2D eigenvalue weighted by atomic mass is 16.2. The van der Waals surface area contributed by atoms with Crippen molar-refractivity contribution in [2.24, 2.45) is 0 Å². The SMILES string of the molecule is CC(Nc1ccc(NC(=O)c2cnc3[nH]c(=O)[nH]c(=O)c3c2)cc1)c1ccccc1. The highest BCUT2D eigenvalue weighted by Crippen LogP contribution is 2.21. The molecule has 0 aliphatic carbocycles. The first kappa shape index (κ1) is 19.1. The van der Waals surface area contributed by atoms with Crippen LogP contribution in [0.4, 0.5) is 11.4 Å². The van der Waals surface area contributed by atoms with Gasteiger partial charge in [-0.1, -0.05) is 30.3 Å². The van der Waals surface area contributed by atoms with Crippen molar-refractivity contribution in [3.8, 4) is 0 Å². The number of carbonyl (C=O) groups is 1. The van der Waals surface area contributed by atoms with Gasteiger partial charge in [0.25, 0.3) is 11.5 Å². The summed E-state index contributed by atoms with van der Waals surface area (Å²) >= 11 is 0. The van der Waals surface area contributed by atoms with E-state index < -0.39 is 17.2 Å². The maximum absolute atomic E-state index is 12.5. The lowest BCUT2D eigenvalue weighted by atomic mass is 10.1. The number of anilines is 2. The predicted molar refractivity (Wildman–Crippen MR) is 116 cm³/mol. The topological polar surface area (TPSA) is 120 Å². The van der Waals surface area contributed by atoms with E-state index in [2.05, 4.69) is 44.6 Å². The lowest BCUT2D eigenvalue weighted by Crippen LogP contribution is -2.23. The van der Waals surface area contributed by atoms with Gasteiger partial charge < -0.3 is 10.6 Å². The van der Waals surface area contributed by atoms with E-state index in [9.17, 15) is 14.4 Å². The molecule has 2 aromatic heterocycles. The normalized spacial score (nSPS) is 11.8. The number of nitrogens with zero attached hydrogens (tertiary/aromatic N) is 1. The molecule has 8 nitrogen and oxygen atoms in total. The van der Waals surface area contributed by atoms with Crippen LogP contribution in [0.1, 0.15) is 28.9 Å². The van der Waals surface area contributed by atoms with Gasteiger partial charge in [0.2, 0.25) is 0 Å². The molecule has 0 spiro atoms. The van der Waals surface area contributed by atoms with E-state index in [1.165, 1.54) is 17.8 Å². The molecule has 2 heterocycles. The Bertz CT molecular complexity index is 1310. The number of amides is 1. The minimum absolute atomic E-state index is 0.128. The van der Waals surface area contributed by atoms with Crippen molar-refractivity contribution in [1.29, 1.82) is 0 Å². The van der Waals surface area contributed by atoms with Crippen LogP contribution >= 0.6 is 0 Å². The molecule has 0 bridgehead atoms. The summed E-state index contributed by atoms with van der Waals surface area (Å²) in [5, 5.41) is 6.32. The Morgan fingerprint density at radius 2 is 1.67 bits per heavy atom. The summed E-state index contributed by atoms with van der Waals surface area (Å²) in [6.45, 7) is 2.08. The number of hydrogen-bond acceptors (Lipinski definition) is 5. The van der Waals surface area contributed by atoms with Crippen LogP contribution < -0.4 is 21.9 Å². The lowest BCUT2D eigenvalue weighted by Gasteiger charge is -2.16. The molecule has 0 radical (unpaired) electrons. The Morgan fingerprint density at radius 1 is 0.967 bits per heavy atom. The molecule has 0 aliphatic heterocycles. The van der Waals surface area contributed by atoms with Crippen LogP contribution in [0.5, 0.6) is 0 Å². The summed E-state index contributed by atoms with van der Waals surface area (Å²) in [5.74, 6) is -0.409. The number of nitrogens with one attached hydrogen (secondary N) is 4. The van der Waals surface area contributed by atoms with Gasteiger partial charge in [0, 0.05) is 23.6 Å². The first-order valence-corrected chi connectivity index (χ1v) is 9.35. The van der Waals surface area contributed by atoms with Crippen LogP contribution in [-0.4, -0.2) is 20.9 Å². The average Bonchev–Trinajstić information content (AvgIpc) is 2.75. The maximum Gasteiger partial charge on any atom is 0.327 e. The number of aromatic amines is 2. The highest BCUT2D eigenvalue weighted by molar-refractivity contribution is 6.05. The molecular formula is C22H19N5O3. The summed E-state index contributed by atoms with van der Waals surface area (Å²) < 4.78 is 0. The van der Waals surface area contributed by atoms with Crippen LogP contribution in [-0.2, 0) is 0 Å². The van der Waals surface area contributed by atoms with Gasteiger partial charge in [-0.25, -0.2) is 9.78 Å². The summed E-state index contributed by atoms with van der Waals surface area (Å²) in [5.41, 5.74) is 1.80. The summed E-state index contributed by atoms with van der Waals surface area (Å²) in [6, 6.07) is 19.0. The second kappa shape index (κ2) is 8.04. The fraction of sp³-hybridized carbons (Fsp3) is 0.0909. The Morgan fingerprint density at radius 3 is 2.40 bits per heavy atom. The Labute approximate surface area is 171 Å². The fourth-order valence-electron chi connectivity index (χ4n) is 3.10. The number of fused-ring (bicyclic) bond motifs is 1. The van der Waals surface area contributed by atoms with E-state index in [0.717, 1.165) is 5.69 Å². The molecule has 0 aliphatic rings. The molecule has 1 amide bonds. The van der Waals surface area contributed by atoms with Gasteiger partial charge in [-0.3, -0.25) is 19.6 Å². The maximum atomic E-state index is 12.5. The van der Waals surface area contributed by atoms with E-state index in [1.54, 1.807) is 12.1 Å². The zero-order chi connectivity index (χ0) is 21.1. The van der Waals surface area contributed by atoms with Crippen molar-refractivity contribution in [2.45, 2.75) is 13.0 Å². The van der Waals surface area contributed by atoms with E-state index >= 15 is 0 Å². The number of hydrogen-bond donors (Lipinski definition) is 4. The Kier molecular flexibility index (Phi) is 5.13. The van der Waals surface area contributed by atoms with Crippen LogP contribution in [0.25, 0.3) is 11.0 Å². The molecule has 4 aromatic rings. The van der Waals surface area contributed by atoms with Crippen LogP contribution in [0, 0.1) is 0 Å². The highest BCUT2D eigenvalue weighted by Gasteiger charge is 2.11. The first-order valence-electron chi connectivity index (χ1n) is 9.35. The Balaban J connectivity index is 1.47. The summed E-state index contributed by atoms with van der Waals surface area (Å²) in [4.78, 5) is 44.3. The number of pyridine rings is 1. The van der Waals surface area contributed by atoms with Crippen molar-refractivity contribution < 1.29 is 4.79 Å².